The molecular formula is C23H20N4O3S. The van der Waals surface area contributed by atoms with Crippen molar-refractivity contribution in [2.75, 3.05) is 14.1 Å². The summed E-state index contributed by atoms with van der Waals surface area (Å²) in [5, 5.41) is 0. The molecule has 0 aliphatic heterocycles. The summed E-state index contributed by atoms with van der Waals surface area (Å²) in [6, 6.07) is 18.3. The molecule has 1 heterocycles. The van der Waals surface area contributed by atoms with Crippen molar-refractivity contribution in [1.82, 2.24) is 14.3 Å². The van der Waals surface area contributed by atoms with Crippen LogP contribution in [0.1, 0.15) is 17.0 Å². The number of aromatic amines is 1. The van der Waals surface area contributed by atoms with E-state index in [-0.39, 0.29) is 4.90 Å². The number of imidazole rings is 1. The minimum Gasteiger partial charge on any atom is -0.369 e. The van der Waals surface area contributed by atoms with Gasteiger partial charge in [0.05, 0.1) is 21.8 Å². The first kappa shape index (κ1) is 19.5. The van der Waals surface area contributed by atoms with Crippen molar-refractivity contribution in [3.8, 4) is 22.5 Å². The maximum absolute atomic E-state index is 12.5. The highest BCUT2D eigenvalue weighted by Crippen LogP contribution is 2.48. The summed E-state index contributed by atoms with van der Waals surface area (Å²) < 4.78 is 26.2. The van der Waals surface area contributed by atoms with Crippen LogP contribution in [0.4, 0.5) is 0 Å². The second-order valence-corrected chi connectivity index (χ2v) is 9.90. The lowest BCUT2D eigenvalue weighted by molar-refractivity contribution is -0.118. The van der Waals surface area contributed by atoms with Gasteiger partial charge in [0, 0.05) is 19.7 Å². The highest BCUT2D eigenvalue weighted by atomic mass is 32.2. The predicted molar refractivity (Wildman–Crippen MR) is 119 cm³/mol. The molecule has 1 atom stereocenters. The SMILES string of the molecule is CN(C)S(=O)(=O)c1ccc2nc(-c3cccc4c3-c3ccccc3[C@H]4C(N)=O)[nH]c2c1. The van der Waals surface area contributed by atoms with Crippen LogP contribution in [-0.2, 0) is 14.8 Å². The molecule has 3 aromatic carbocycles. The van der Waals surface area contributed by atoms with E-state index in [2.05, 4.69) is 4.98 Å². The second-order valence-electron chi connectivity index (χ2n) is 7.74. The molecule has 0 saturated carbocycles. The van der Waals surface area contributed by atoms with Crippen LogP contribution in [0.3, 0.4) is 0 Å². The molecule has 1 amide bonds. The van der Waals surface area contributed by atoms with Gasteiger partial charge in [0.2, 0.25) is 15.9 Å². The minimum absolute atomic E-state index is 0.192. The van der Waals surface area contributed by atoms with Gasteiger partial charge in [-0.3, -0.25) is 4.79 Å². The molecule has 156 valence electrons. The molecule has 8 heteroatoms. The lowest BCUT2D eigenvalue weighted by Crippen LogP contribution is -2.22. The molecule has 31 heavy (non-hydrogen) atoms. The fourth-order valence-electron chi connectivity index (χ4n) is 4.25. The number of benzene rings is 3. The third kappa shape index (κ3) is 2.87. The van der Waals surface area contributed by atoms with E-state index in [1.54, 1.807) is 18.2 Å². The van der Waals surface area contributed by atoms with Gasteiger partial charge >= 0.3 is 0 Å². The molecule has 1 aliphatic carbocycles. The number of hydrogen-bond acceptors (Lipinski definition) is 4. The fourth-order valence-corrected chi connectivity index (χ4v) is 5.18. The van der Waals surface area contributed by atoms with Crippen molar-refractivity contribution in [3.63, 3.8) is 0 Å². The molecule has 0 unspecified atom stereocenters. The van der Waals surface area contributed by atoms with E-state index in [4.69, 9.17) is 10.7 Å². The highest BCUT2D eigenvalue weighted by molar-refractivity contribution is 7.89. The van der Waals surface area contributed by atoms with Gasteiger partial charge in [-0.05, 0) is 40.5 Å². The fraction of sp³-hybridized carbons (Fsp3) is 0.130. The number of nitrogens with one attached hydrogen (secondary N) is 1. The lowest BCUT2D eigenvalue weighted by atomic mass is 9.95. The van der Waals surface area contributed by atoms with E-state index in [0.717, 1.165) is 27.8 Å². The number of fused-ring (bicyclic) bond motifs is 4. The molecule has 0 spiro atoms. The van der Waals surface area contributed by atoms with Gasteiger partial charge in [-0.1, -0.05) is 42.5 Å². The summed E-state index contributed by atoms with van der Waals surface area (Å²) >= 11 is 0. The summed E-state index contributed by atoms with van der Waals surface area (Å²) in [6.07, 6.45) is 0. The van der Waals surface area contributed by atoms with Gasteiger partial charge in [0.1, 0.15) is 5.82 Å². The third-order valence-corrected chi connectivity index (χ3v) is 7.53. The second kappa shape index (κ2) is 6.76. The average Bonchev–Trinajstić information content (AvgIpc) is 3.32. The molecule has 0 saturated heterocycles. The standard InChI is InChI=1S/C23H20N4O3S/c1-27(2)31(29,30)13-10-11-18-19(12-13)26-23(25-18)17-9-5-8-16-20(17)14-6-3-4-7-15(14)21(16)22(24)28/h3-12,21H,1-2H3,(H2,24,28)(H,25,26)/t21-/m1/s1. The third-order valence-electron chi connectivity index (χ3n) is 5.72. The number of hydrogen-bond donors (Lipinski definition) is 2. The Morgan fingerprint density at radius 2 is 1.71 bits per heavy atom. The first-order valence-electron chi connectivity index (χ1n) is 9.73. The Kier molecular flexibility index (Phi) is 4.25. The number of rotatable bonds is 4. The molecule has 1 aliphatic rings. The summed E-state index contributed by atoms with van der Waals surface area (Å²) in [4.78, 5) is 20.4. The van der Waals surface area contributed by atoms with Crippen LogP contribution in [0.25, 0.3) is 33.5 Å². The van der Waals surface area contributed by atoms with E-state index in [0.29, 0.717) is 16.9 Å². The van der Waals surface area contributed by atoms with Crippen molar-refractivity contribution in [1.29, 1.82) is 0 Å². The van der Waals surface area contributed by atoms with Crippen molar-refractivity contribution in [2.45, 2.75) is 10.8 Å². The number of carbonyl (C=O) groups excluding carboxylic acids is 1. The molecule has 7 nitrogen and oxygen atoms in total. The lowest BCUT2D eigenvalue weighted by Gasteiger charge is -2.10. The number of sulfonamides is 1. The molecule has 5 rings (SSSR count). The number of primary amides is 1. The number of H-pyrrole nitrogens is 1. The van der Waals surface area contributed by atoms with E-state index in [1.807, 2.05) is 42.5 Å². The molecule has 0 radical (unpaired) electrons. The number of carbonyl (C=O) groups is 1. The van der Waals surface area contributed by atoms with Gasteiger partial charge < -0.3 is 10.7 Å². The molecule has 0 fully saturated rings. The Bertz CT molecular complexity index is 1470. The average molecular weight is 433 g/mol. The van der Waals surface area contributed by atoms with Crippen molar-refractivity contribution >= 4 is 27.0 Å². The van der Waals surface area contributed by atoms with Crippen LogP contribution in [0.5, 0.6) is 0 Å². The maximum Gasteiger partial charge on any atom is 0.242 e. The van der Waals surface area contributed by atoms with Crippen LogP contribution in [0.2, 0.25) is 0 Å². The van der Waals surface area contributed by atoms with E-state index >= 15 is 0 Å². The number of nitrogens with zero attached hydrogens (tertiary/aromatic N) is 2. The maximum atomic E-state index is 12.5. The number of aromatic nitrogens is 2. The van der Waals surface area contributed by atoms with Crippen LogP contribution < -0.4 is 5.73 Å². The van der Waals surface area contributed by atoms with Crippen LogP contribution >= 0.6 is 0 Å². The predicted octanol–water partition coefficient (Wildman–Crippen LogP) is 3.08. The van der Waals surface area contributed by atoms with Gasteiger partial charge in [-0.15, -0.1) is 0 Å². The minimum atomic E-state index is -3.56. The molecule has 3 N–H and O–H groups in total. The summed E-state index contributed by atoms with van der Waals surface area (Å²) in [7, 11) is -0.560. The van der Waals surface area contributed by atoms with Gasteiger partial charge in [-0.25, -0.2) is 17.7 Å². The Labute approximate surface area is 179 Å². The van der Waals surface area contributed by atoms with Crippen LogP contribution in [-0.4, -0.2) is 42.7 Å². The Morgan fingerprint density at radius 1 is 1.00 bits per heavy atom. The topological polar surface area (TPSA) is 109 Å². The van der Waals surface area contributed by atoms with E-state index < -0.39 is 21.8 Å². The molecule has 4 aromatic rings. The van der Waals surface area contributed by atoms with Crippen molar-refractivity contribution in [2.24, 2.45) is 5.73 Å². The zero-order chi connectivity index (χ0) is 21.9. The van der Waals surface area contributed by atoms with Crippen LogP contribution in [0, 0.1) is 0 Å². The van der Waals surface area contributed by atoms with E-state index in [1.165, 1.54) is 18.4 Å². The Hall–Kier alpha value is -3.49. The van der Waals surface area contributed by atoms with Crippen molar-refractivity contribution < 1.29 is 13.2 Å². The smallest absolute Gasteiger partial charge is 0.242 e. The first-order valence-corrected chi connectivity index (χ1v) is 11.2. The highest BCUT2D eigenvalue weighted by Gasteiger charge is 2.34. The summed E-state index contributed by atoms with van der Waals surface area (Å²) in [6.45, 7) is 0. The summed E-state index contributed by atoms with van der Waals surface area (Å²) in [5.41, 5.74) is 11.4. The first-order chi connectivity index (χ1) is 14.8. The quantitative estimate of drug-likeness (QED) is 0.516. The number of amides is 1. The normalized spacial score (nSPS) is 15.3. The zero-order valence-corrected chi connectivity index (χ0v) is 17.8. The van der Waals surface area contributed by atoms with Crippen molar-refractivity contribution in [3.05, 3.63) is 71.8 Å². The van der Waals surface area contributed by atoms with Gasteiger partial charge in [-0.2, -0.15) is 0 Å². The largest absolute Gasteiger partial charge is 0.369 e. The summed E-state index contributed by atoms with van der Waals surface area (Å²) in [5.74, 6) is -0.301. The van der Waals surface area contributed by atoms with Gasteiger partial charge in [0.25, 0.3) is 0 Å². The van der Waals surface area contributed by atoms with Crippen LogP contribution in [0.15, 0.2) is 65.6 Å². The number of nitrogens with two attached hydrogens (primary N) is 1. The van der Waals surface area contributed by atoms with Gasteiger partial charge in [0.15, 0.2) is 0 Å². The molecule has 1 aromatic heterocycles. The Morgan fingerprint density at radius 3 is 2.45 bits per heavy atom. The molecule has 0 bridgehead atoms. The van der Waals surface area contributed by atoms with E-state index in [9.17, 15) is 13.2 Å². The monoisotopic (exact) mass is 432 g/mol. The zero-order valence-electron chi connectivity index (χ0n) is 17.0. The Balaban J connectivity index is 1.71. The molecular weight excluding hydrogens is 412 g/mol.